The smallest absolute Gasteiger partial charge is 0.275 e. The van der Waals surface area contributed by atoms with Crippen molar-refractivity contribution >= 4 is 11.8 Å². The van der Waals surface area contributed by atoms with E-state index < -0.39 is 6.10 Å². The van der Waals surface area contributed by atoms with Gasteiger partial charge in [-0.05, 0) is 56.8 Å². The van der Waals surface area contributed by atoms with Gasteiger partial charge in [0.1, 0.15) is 6.10 Å². The van der Waals surface area contributed by atoms with E-state index in [9.17, 15) is 9.59 Å². The highest BCUT2D eigenvalue weighted by Crippen LogP contribution is 2.36. The number of hydrogen-bond acceptors (Lipinski definition) is 4. The molecule has 140 valence electrons. The first-order chi connectivity index (χ1) is 12.1. The summed E-state index contributed by atoms with van der Waals surface area (Å²) < 4.78 is 6.06. The minimum absolute atomic E-state index is 0.0109. The Hall–Kier alpha value is -1.14. The monoisotopic (exact) mass is 350 g/mol. The minimum atomic E-state index is -0.390. The molecule has 0 radical (unpaired) electrons. The maximum absolute atomic E-state index is 12.8. The zero-order valence-electron chi connectivity index (χ0n) is 15.2. The Morgan fingerprint density at radius 3 is 2.52 bits per heavy atom. The summed E-state index contributed by atoms with van der Waals surface area (Å²) in [6.45, 7) is 5.03. The first kappa shape index (κ1) is 17.3. The molecule has 25 heavy (non-hydrogen) atoms. The number of amides is 2. The predicted octanol–water partition coefficient (Wildman–Crippen LogP) is 1.98. The van der Waals surface area contributed by atoms with Gasteiger partial charge in [-0.15, -0.1) is 0 Å². The van der Waals surface area contributed by atoms with Crippen molar-refractivity contribution < 1.29 is 19.2 Å². The third kappa shape index (κ3) is 3.56. The van der Waals surface area contributed by atoms with Crippen molar-refractivity contribution in [3.63, 3.8) is 0 Å². The number of hydroxylamine groups is 2. The van der Waals surface area contributed by atoms with E-state index in [4.69, 9.17) is 9.57 Å². The molecule has 1 saturated carbocycles. The number of carbonyl (C=O) groups is 2. The Morgan fingerprint density at radius 2 is 1.80 bits per heavy atom. The number of rotatable bonds is 2. The normalized spacial score (nSPS) is 38.7. The Kier molecular flexibility index (Phi) is 5.00. The summed E-state index contributed by atoms with van der Waals surface area (Å²) >= 11 is 0. The fourth-order valence-corrected chi connectivity index (χ4v) is 4.84. The van der Waals surface area contributed by atoms with Crippen LogP contribution < -0.4 is 0 Å². The van der Waals surface area contributed by atoms with Gasteiger partial charge in [0.2, 0.25) is 5.91 Å². The Balaban J connectivity index is 1.32. The molecule has 0 aromatic carbocycles. The van der Waals surface area contributed by atoms with Crippen molar-refractivity contribution in [2.75, 3.05) is 26.2 Å². The molecule has 3 saturated heterocycles. The Bertz CT molecular complexity index is 512. The molecule has 0 aromatic heterocycles. The van der Waals surface area contributed by atoms with Crippen LogP contribution in [-0.4, -0.2) is 60.2 Å². The van der Waals surface area contributed by atoms with Crippen LogP contribution >= 0.6 is 0 Å². The van der Waals surface area contributed by atoms with Crippen molar-refractivity contribution in [2.45, 2.75) is 64.1 Å². The third-order valence-electron chi connectivity index (χ3n) is 6.50. The van der Waals surface area contributed by atoms with E-state index in [-0.39, 0.29) is 17.9 Å². The summed E-state index contributed by atoms with van der Waals surface area (Å²) in [6, 6.07) is 0. The summed E-state index contributed by atoms with van der Waals surface area (Å²) in [5.74, 6) is 1.63. The van der Waals surface area contributed by atoms with Crippen LogP contribution in [0.5, 0.6) is 0 Å². The number of fused-ring (bicyclic) bond motifs is 1. The van der Waals surface area contributed by atoms with Crippen LogP contribution in [0.2, 0.25) is 0 Å². The van der Waals surface area contributed by atoms with E-state index in [1.54, 1.807) is 0 Å². The highest BCUT2D eigenvalue weighted by molar-refractivity contribution is 5.81. The van der Waals surface area contributed by atoms with Gasteiger partial charge in [-0.1, -0.05) is 6.92 Å². The molecule has 3 heterocycles. The lowest BCUT2D eigenvalue weighted by Gasteiger charge is -2.37. The topological polar surface area (TPSA) is 59.1 Å². The number of ether oxygens (including phenoxy) is 1. The number of hydrogen-bond donors (Lipinski definition) is 0. The summed E-state index contributed by atoms with van der Waals surface area (Å²) in [5, 5.41) is 1.47. The van der Waals surface area contributed by atoms with E-state index in [2.05, 4.69) is 6.92 Å². The van der Waals surface area contributed by atoms with Crippen LogP contribution in [0.25, 0.3) is 0 Å². The standard InChI is InChI=1S/C19H30N2O4/c1-13-3-5-14(6-4-13)18(22)20-9-7-15-11-16(25-17(15)12-20)19(23)21-8-2-10-24-21/h13-17H,2-12H2,1H3/t13?,14?,15-,16+,17+/m0/s1. The van der Waals surface area contributed by atoms with Crippen LogP contribution in [0, 0.1) is 17.8 Å². The summed E-state index contributed by atoms with van der Waals surface area (Å²) in [6.07, 6.45) is 6.62. The molecule has 2 amide bonds. The average molecular weight is 350 g/mol. The molecule has 1 aliphatic carbocycles. The Labute approximate surface area is 149 Å². The van der Waals surface area contributed by atoms with E-state index >= 15 is 0 Å². The predicted molar refractivity (Wildman–Crippen MR) is 91.4 cm³/mol. The number of nitrogens with zero attached hydrogens (tertiary/aromatic N) is 2. The largest absolute Gasteiger partial charge is 0.363 e. The number of piperidine rings is 1. The summed E-state index contributed by atoms with van der Waals surface area (Å²) in [7, 11) is 0. The quantitative estimate of drug-likeness (QED) is 0.764. The van der Waals surface area contributed by atoms with Crippen LogP contribution in [0.3, 0.4) is 0 Å². The maximum Gasteiger partial charge on any atom is 0.275 e. The third-order valence-corrected chi connectivity index (χ3v) is 6.50. The van der Waals surface area contributed by atoms with Gasteiger partial charge in [0.25, 0.3) is 5.91 Å². The lowest BCUT2D eigenvalue weighted by Crippen LogP contribution is -2.48. The van der Waals surface area contributed by atoms with Gasteiger partial charge in [0.05, 0.1) is 19.3 Å². The first-order valence-electron chi connectivity index (χ1n) is 10.0. The molecular weight excluding hydrogens is 320 g/mol. The lowest BCUT2D eigenvalue weighted by atomic mass is 9.81. The van der Waals surface area contributed by atoms with Crippen molar-refractivity contribution in [1.29, 1.82) is 0 Å². The highest BCUT2D eigenvalue weighted by Gasteiger charge is 2.45. The molecule has 6 nitrogen and oxygen atoms in total. The molecule has 4 rings (SSSR count). The second kappa shape index (κ2) is 7.23. The molecule has 3 aliphatic heterocycles. The molecule has 0 N–H and O–H groups in total. The molecular formula is C19H30N2O4. The van der Waals surface area contributed by atoms with Crippen molar-refractivity contribution in [1.82, 2.24) is 9.96 Å². The first-order valence-corrected chi connectivity index (χ1v) is 10.0. The van der Waals surface area contributed by atoms with Crippen LogP contribution in [-0.2, 0) is 19.2 Å². The van der Waals surface area contributed by atoms with E-state index in [0.717, 1.165) is 44.6 Å². The molecule has 3 atom stereocenters. The zero-order chi connectivity index (χ0) is 17.4. The van der Waals surface area contributed by atoms with E-state index in [1.165, 1.54) is 17.9 Å². The number of carbonyl (C=O) groups excluding carboxylic acids is 2. The average Bonchev–Trinajstić information content (AvgIpc) is 3.30. The van der Waals surface area contributed by atoms with Gasteiger partial charge in [0.15, 0.2) is 0 Å². The van der Waals surface area contributed by atoms with Crippen LogP contribution in [0.15, 0.2) is 0 Å². The molecule has 0 spiro atoms. The van der Waals surface area contributed by atoms with Gasteiger partial charge >= 0.3 is 0 Å². The van der Waals surface area contributed by atoms with Gasteiger partial charge in [0, 0.05) is 19.0 Å². The van der Waals surface area contributed by atoms with Gasteiger partial charge in [-0.3, -0.25) is 14.4 Å². The van der Waals surface area contributed by atoms with Crippen molar-refractivity contribution in [3.8, 4) is 0 Å². The highest BCUT2D eigenvalue weighted by atomic mass is 16.7. The fourth-order valence-electron chi connectivity index (χ4n) is 4.84. The summed E-state index contributed by atoms with van der Waals surface area (Å²) in [4.78, 5) is 32.7. The molecule has 6 heteroatoms. The zero-order valence-corrected chi connectivity index (χ0v) is 15.2. The lowest BCUT2D eigenvalue weighted by molar-refractivity contribution is -0.180. The van der Waals surface area contributed by atoms with E-state index in [1.807, 2.05) is 4.90 Å². The summed E-state index contributed by atoms with van der Waals surface area (Å²) in [5.41, 5.74) is 0. The second-order valence-corrected chi connectivity index (χ2v) is 8.32. The van der Waals surface area contributed by atoms with Crippen LogP contribution in [0.1, 0.15) is 51.9 Å². The molecule has 0 bridgehead atoms. The van der Waals surface area contributed by atoms with Gasteiger partial charge < -0.3 is 9.64 Å². The van der Waals surface area contributed by atoms with Crippen LogP contribution in [0.4, 0.5) is 0 Å². The molecule has 4 aliphatic rings. The molecule has 4 fully saturated rings. The molecule has 0 unspecified atom stereocenters. The number of likely N-dealkylation sites (tertiary alicyclic amines) is 1. The van der Waals surface area contributed by atoms with Gasteiger partial charge in [-0.25, -0.2) is 5.06 Å². The van der Waals surface area contributed by atoms with Crippen molar-refractivity contribution in [3.05, 3.63) is 0 Å². The Morgan fingerprint density at radius 1 is 1.00 bits per heavy atom. The van der Waals surface area contributed by atoms with Gasteiger partial charge in [-0.2, -0.15) is 0 Å². The SMILES string of the molecule is CC1CCC(C(=O)N2CC[C@H]3C[C@H](C(=O)N4CCCO4)O[C@@H]3C2)CC1. The fraction of sp³-hybridized carbons (Fsp3) is 0.895. The van der Waals surface area contributed by atoms with Crippen molar-refractivity contribution in [2.24, 2.45) is 17.8 Å². The maximum atomic E-state index is 12.8. The van der Waals surface area contributed by atoms with E-state index in [0.29, 0.717) is 31.5 Å². The molecule has 0 aromatic rings. The minimum Gasteiger partial charge on any atom is -0.363 e. The second-order valence-electron chi connectivity index (χ2n) is 8.32.